The molecule has 0 aromatic heterocycles. The summed E-state index contributed by atoms with van der Waals surface area (Å²) < 4.78 is 0. The van der Waals surface area contributed by atoms with Crippen LogP contribution in [-0.4, -0.2) is 6.54 Å². The number of fused-ring (bicyclic) bond motifs is 2. The molecule has 0 saturated heterocycles. The minimum atomic E-state index is 0.599. The van der Waals surface area contributed by atoms with Gasteiger partial charge in [-0.2, -0.15) is 0 Å². The molecule has 1 aliphatic heterocycles. The third kappa shape index (κ3) is 0.739. The topological polar surface area (TPSA) is 12.0 Å². The highest BCUT2D eigenvalue weighted by Crippen LogP contribution is 2.54. The third-order valence-corrected chi connectivity index (χ3v) is 3.27. The maximum absolute atomic E-state index is 3.46. The first kappa shape index (κ1) is 6.53. The first-order valence-electron chi connectivity index (χ1n) is 4.74. The Kier molecular flexibility index (Phi) is 1.11. The van der Waals surface area contributed by atoms with E-state index in [4.69, 9.17) is 0 Å². The summed E-state index contributed by atoms with van der Waals surface area (Å²) in [6.07, 6.45) is 4.15. The molecule has 1 N–H and O–H groups in total. The summed E-state index contributed by atoms with van der Waals surface area (Å²) in [6, 6.07) is 8.77. The molecule has 0 atom stereocenters. The van der Waals surface area contributed by atoms with E-state index >= 15 is 0 Å². The number of nitrogens with one attached hydrogen (secondary N) is 1. The summed E-state index contributed by atoms with van der Waals surface area (Å²) >= 11 is 0. The lowest BCUT2D eigenvalue weighted by molar-refractivity contribution is 0.622. The monoisotopic (exact) mass is 159 g/mol. The van der Waals surface area contributed by atoms with E-state index < -0.39 is 0 Å². The Hall–Kier alpha value is -0.980. The Labute approximate surface area is 72.8 Å². The minimum absolute atomic E-state index is 0.599. The van der Waals surface area contributed by atoms with Gasteiger partial charge >= 0.3 is 0 Å². The molecule has 0 bridgehead atoms. The molecule has 0 unspecified atom stereocenters. The van der Waals surface area contributed by atoms with Crippen LogP contribution in [0.5, 0.6) is 0 Å². The summed E-state index contributed by atoms with van der Waals surface area (Å²) in [4.78, 5) is 0. The van der Waals surface area contributed by atoms with Crippen molar-refractivity contribution >= 4 is 5.69 Å². The highest BCUT2D eigenvalue weighted by molar-refractivity contribution is 5.58. The molecule has 1 aromatic carbocycles. The van der Waals surface area contributed by atoms with Crippen molar-refractivity contribution in [3.05, 3.63) is 29.8 Å². The van der Waals surface area contributed by atoms with Gasteiger partial charge in [0.2, 0.25) is 0 Å². The Morgan fingerprint density at radius 2 is 1.92 bits per heavy atom. The van der Waals surface area contributed by atoms with Gasteiger partial charge < -0.3 is 5.32 Å². The fourth-order valence-electron chi connectivity index (χ4n) is 2.34. The second-order valence-electron chi connectivity index (χ2n) is 4.00. The van der Waals surface area contributed by atoms with E-state index in [1.807, 2.05) is 0 Å². The second kappa shape index (κ2) is 2.03. The van der Waals surface area contributed by atoms with Gasteiger partial charge in [0, 0.05) is 12.2 Å². The van der Waals surface area contributed by atoms with Gasteiger partial charge in [-0.1, -0.05) is 18.2 Å². The Bertz CT molecular complexity index is 313. The standard InChI is InChI=1S/C11H13N/c1-2-4-10-9(3-1)11(5-6-11)7-8-12-10/h1-4,12H,5-8H2. The van der Waals surface area contributed by atoms with Crippen LogP contribution in [0, 0.1) is 0 Å². The molecule has 1 aromatic rings. The molecule has 3 rings (SSSR count). The predicted octanol–water partition coefficient (Wildman–Crippen LogP) is 2.53. The second-order valence-corrected chi connectivity index (χ2v) is 4.00. The Balaban J connectivity index is 2.16. The van der Waals surface area contributed by atoms with Crippen molar-refractivity contribution in [1.82, 2.24) is 0 Å². The van der Waals surface area contributed by atoms with E-state index in [2.05, 4.69) is 29.6 Å². The number of para-hydroxylation sites is 1. The van der Waals surface area contributed by atoms with Gasteiger partial charge in [-0.3, -0.25) is 0 Å². The van der Waals surface area contributed by atoms with Gasteiger partial charge in [0.25, 0.3) is 0 Å². The molecular formula is C11H13N. The fraction of sp³-hybridized carbons (Fsp3) is 0.455. The molecule has 2 aliphatic rings. The highest BCUT2D eigenvalue weighted by Gasteiger charge is 2.46. The fourth-order valence-corrected chi connectivity index (χ4v) is 2.34. The van der Waals surface area contributed by atoms with E-state index in [9.17, 15) is 0 Å². The summed E-state index contributed by atoms with van der Waals surface area (Å²) in [7, 11) is 0. The van der Waals surface area contributed by atoms with Crippen LogP contribution in [-0.2, 0) is 5.41 Å². The van der Waals surface area contributed by atoms with Gasteiger partial charge in [-0.05, 0) is 36.3 Å². The molecule has 1 aliphatic carbocycles. The van der Waals surface area contributed by atoms with Gasteiger partial charge in [0.05, 0.1) is 0 Å². The molecule has 0 amide bonds. The number of rotatable bonds is 0. The third-order valence-electron chi connectivity index (χ3n) is 3.27. The molecule has 1 heterocycles. The van der Waals surface area contributed by atoms with E-state index in [1.54, 1.807) is 5.56 Å². The molecule has 1 saturated carbocycles. The van der Waals surface area contributed by atoms with Gasteiger partial charge in [0.15, 0.2) is 0 Å². The van der Waals surface area contributed by atoms with E-state index in [-0.39, 0.29) is 0 Å². The summed E-state index contributed by atoms with van der Waals surface area (Å²) in [6.45, 7) is 1.16. The molecule has 1 nitrogen and oxygen atoms in total. The van der Waals surface area contributed by atoms with Crippen molar-refractivity contribution < 1.29 is 0 Å². The summed E-state index contributed by atoms with van der Waals surface area (Å²) in [5.74, 6) is 0. The maximum Gasteiger partial charge on any atom is 0.0378 e. The lowest BCUT2D eigenvalue weighted by Crippen LogP contribution is -2.21. The molecule has 1 heteroatoms. The predicted molar refractivity (Wildman–Crippen MR) is 50.5 cm³/mol. The Morgan fingerprint density at radius 3 is 2.75 bits per heavy atom. The highest BCUT2D eigenvalue weighted by atomic mass is 14.9. The summed E-state index contributed by atoms with van der Waals surface area (Å²) in [5.41, 5.74) is 3.54. The van der Waals surface area contributed by atoms with Crippen molar-refractivity contribution in [2.24, 2.45) is 0 Å². The van der Waals surface area contributed by atoms with E-state index in [1.165, 1.54) is 24.9 Å². The number of hydrogen-bond acceptors (Lipinski definition) is 1. The lowest BCUT2D eigenvalue weighted by atomic mass is 9.88. The molecule has 1 fully saturated rings. The van der Waals surface area contributed by atoms with Crippen molar-refractivity contribution in [2.45, 2.75) is 24.7 Å². The van der Waals surface area contributed by atoms with Crippen LogP contribution in [0.1, 0.15) is 24.8 Å². The normalized spacial score (nSPS) is 23.0. The smallest absolute Gasteiger partial charge is 0.0378 e. The number of benzene rings is 1. The number of anilines is 1. The molecular weight excluding hydrogens is 146 g/mol. The lowest BCUT2D eigenvalue weighted by Gasteiger charge is -2.26. The quantitative estimate of drug-likeness (QED) is 0.613. The molecule has 62 valence electrons. The first-order valence-corrected chi connectivity index (χ1v) is 4.74. The van der Waals surface area contributed by atoms with Crippen molar-refractivity contribution in [1.29, 1.82) is 0 Å². The van der Waals surface area contributed by atoms with Crippen LogP contribution in [0.2, 0.25) is 0 Å². The zero-order valence-corrected chi connectivity index (χ0v) is 7.14. The summed E-state index contributed by atoms with van der Waals surface area (Å²) in [5, 5.41) is 3.46. The van der Waals surface area contributed by atoms with Crippen molar-refractivity contribution in [3.8, 4) is 0 Å². The zero-order chi connectivity index (χ0) is 8.02. The molecule has 12 heavy (non-hydrogen) atoms. The van der Waals surface area contributed by atoms with Crippen LogP contribution in [0.4, 0.5) is 5.69 Å². The minimum Gasteiger partial charge on any atom is -0.385 e. The average molecular weight is 159 g/mol. The largest absolute Gasteiger partial charge is 0.385 e. The maximum atomic E-state index is 3.46. The average Bonchev–Trinajstić information content (AvgIpc) is 2.87. The van der Waals surface area contributed by atoms with Crippen LogP contribution in [0.15, 0.2) is 24.3 Å². The van der Waals surface area contributed by atoms with Gasteiger partial charge in [-0.25, -0.2) is 0 Å². The van der Waals surface area contributed by atoms with Crippen molar-refractivity contribution in [2.75, 3.05) is 11.9 Å². The Morgan fingerprint density at radius 1 is 1.08 bits per heavy atom. The van der Waals surface area contributed by atoms with Crippen LogP contribution >= 0.6 is 0 Å². The van der Waals surface area contributed by atoms with Gasteiger partial charge in [-0.15, -0.1) is 0 Å². The number of hydrogen-bond donors (Lipinski definition) is 1. The van der Waals surface area contributed by atoms with Crippen LogP contribution in [0.25, 0.3) is 0 Å². The van der Waals surface area contributed by atoms with E-state index in [0.717, 1.165) is 6.54 Å². The molecule has 1 spiro atoms. The van der Waals surface area contributed by atoms with Crippen LogP contribution < -0.4 is 5.32 Å². The van der Waals surface area contributed by atoms with Crippen molar-refractivity contribution in [3.63, 3.8) is 0 Å². The van der Waals surface area contributed by atoms with E-state index in [0.29, 0.717) is 5.41 Å². The molecule has 0 radical (unpaired) electrons. The first-order chi connectivity index (χ1) is 5.91. The zero-order valence-electron chi connectivity index (χ0n) is 7.14. The van der Waals surface area contributed by atoms with Gasteiger partial charge in [0.1, 0.15) is 0 Å². The van der Waals surface area contributed by atoms with Crippen LogP contribution in [0.3, 0.4) is 0 Å². The SMILES string of the molecule is c1ccc2c(c1)NCCC21CC1.